The second-order valence-electron chi connectivity index (χ2n) is 7.05. The molecular weight excluding hydrogens is 364 g/mol. The number of hydrogen-bond donors (Lipinski definition) is 1. The molecule has 0 saturated carbocycles. The normalized spacial score (nSPS) is 14.6. The fourth-order valence-corrected chi connectivity index (χ4v) is 3.39. The van der Waals surface area contributed by atoms with Crippen LogP contribution in [-0.4, -0.2) is 51.9 Å². The molecule has 7 nitrogen and oxygen atoms in total. The van der Waals surface area contributed by atoms with Gasteiger partial charge in [-0.3, -0.25) is 14.7 Å². The Morgan fingerprint density at radius 3 is 2.45 bits per heavy atom. The van der Waals surface area contributed by atoms with E-state index in [9.17, 15) is 4.79 Å². The monoisotopic (exact) mass is 388 g/mol. The predicted octanol–water partition coefficient (Wildman–Crippen LogP) is 2.12. The van der Waals surface area contributed by atoms with E-state index < -0.39 is 0 Å². The number of nitrogens with one attached hydrogen (secondary N) is 1. The summed E-state index contributed by atoms with van der Waals surface area (Å²) in [6, 6.07) is 16.0. The van der Waals surface area contributed by atoms with Crippen molar-refractivity contribution in [2.45, 2.75) is 13.1 Å². The molecule has 0 atom stereocenters. The molecule has 3 heterocycles. The molecule has 0 radical (unpaired) electrons. The molecule has 2 aromatic heterocycles. The molecule has 1 aliphatic rings. The highest BCUT2D eigenvalue weighted by molar-refractivity contribution is 5.92. The zero-order valence-corrected chi connectivity index (χ0v) is 16.2. The minimum absolute atomic E-state index is 0.201. The van der Waals surface area contributed by atoms with Crippen LogP contribution in [0.2, 0.25) is 0 Å². The van der Waals surface area contributed by atoms with Gasteiger partial charge in [-0.2, -0.15) is 0 Å². The molecule has 0 unspecified atom stereocenters. The van der Waals surface area contributed by atoms with Gasteiger partial charge in [-0.25, -0.2) is 9.97 Å². The summed E-state index contributed by atoms with van der Waals surface area (Å²) in [5, 5.41) is 2.90. The number of anilines is 1. The molecule has 1 fully saturated rings. The van der Waals surface area contributed by atoms with Gasteiger partial charge in [0, 0.05) is 57.7 Å². The summed E-state index contributed by atoms with van der Waals surface area (Å²) in [6.07, 6.45) is 4.89. The Labute approximate surface area is 170 Å². The molecule has 1 amide bonds. The maximum atomic E-state index is 12.5. The number of aromatic nitrogens is 3. The Morgan fingerprint density at radius 1 is 0.931 bits per heavy atom. The number of nitrogens with zero attached hydrogens (tertiary/aromatic N) is 5. The van der Waals surface area contributed by atoms with Gasteiger partial charge < -0.3 is 10.2 Å². The number of rotatable bonds is 6. The SMILES string of the molecule is O=C(NCc1ccncc1)c1cc(N2CCN(Cc3ccccc3)CC2)ncn1. The third-order valence-corrected chi connectivity index (χ3v) is 5.03. The Balaban J connectivity index is 1.32. The summed E-state index contributed by atoms with van der Waals surface area (Å²) < 4.78 is 0. The Morgan fingerprint density at radius 2 is 1.69 bits per heavy atom. The van der Waals surface area contributed by atoms with Crippen LogP contribution in [0.3, 0.4) is 0 Å². The standard InChI is InChI=1S/C22H24N6O/c29-22(24-15-18-6-8-23-9-7-18)20-14-21(26-17-25-20)28-12-10-27(11-13-28)16-19-4-2-1-3-5-19/h1-9,14,17H,10-13,15-16H2,(H,24,29). The fraction of sp³-hybridized carbons (Fsp3) is 0.273. The van der Waals surface area contributed by atoms with Gasteiger partial charge in [0.2, 0.25) is 0 Å². The van der Waals surface area contributed by atoms with Crippen LogP contribution in [0.1, 0.15) is 21.6 Å². The summed E-state index contributed by atoms with van der Waals surface area (Å²) in [7, 11) is 0. The van der Waals surface area contributed by atoms with Crippen LogP contribution in [0.4, 0.5) is 5.82 Å². The predicted molar refractivity (Wildman–Crippen MR) is 111 cm³/mol. The molecule has 29 heavy (non-hydrogen) atoms. The van der Waals surface area contributed by atoms with E-state index in [2.05, 4.69) is 54.3 Å². The largest absolute Gasteiger partial charge is 0.354 e. The van der Waals surface area contributed by atoms with Gasteiger partial charge >= 0.3 is 0 Å². The summed E-state index contributed by atoms with van der Waals surface area (Å²) in [5.41, 5.74) is 2.71. The molecular formula is C22H24N6O. The highest BCUT2D eigenvalue weighted by Gasteiger charge is 2.19. The summed E-state index contributed by atoms with van der Waals surface area (Å²) in [5.74, 6) is 0.599. The van der Waals surface area contributed by atoms with Crippen LogP contribution in [0.15, 0.2) is 67.3 Å². The number of pyridine rings is 1. The van der Waals surface area contributed by atoms with Gasteiger partial charge in [0.05, 0.1) is 0 Å². The lowest BCUT2D eigenvalue weighted by atomic mass is 10.2. The van der Waals surface area contributed by atoms with E-state index in [0.29, 0.717) is 12.2 Å². The van der Waals surface area contributed by atoms with Gasteiger partial charge in [0.15, 0.2) is 0 Å². The fourth-order valence-electron chi connectivity index (χ4n) is 3.39. The third kappa shape index (κ3) is 5.14. The van der Waals surface area contributed by atoms with Crippen molar-refractivity contribution in [1.29, 1.82) is 0 Å². The van der Waals surface area contributed by atoms with Crippen molar-refractivity contribution in [3.05, 3.63) is 84.1 Å². The van der Waals surface area contributed by atoms with Crippen molar-refractivity contribution >= 4 is 11.7 Å². The Kier molecular flexibility index (Phi) is 6.07. The van der Waals surface area contributed by atoms with Crippen molar-refractivity contribution in [2.75, 3.05) is 31.1 Å². The molecule has 148 valence electrons. The topological polar surface area (TPSA) is 74.2 Å². The van der Waals surface area contributed by atoms with Crippen molar-refractivity contribution < 1.29 is 4.79 Å². The van der Waals surface area contributed by atoms with Crippen molar-refractivity contribution in [1.82, 2.24) is 25.2 Å². The second kappa shape index (κ2) is 9.25. The molecule has 1 N–H and O–H groups in total. The molecule has 1 aliphatic heterocycles. The van der Waals surface area contributed by atoms with Crippen LogP contribution in [-0.2, 0) is 13.1 Å². The first-order valence-corrected chi connectivity index (χ1v) is 9.78. The molecule has 1 saturated heterocycles. The van der Waals surface area contributed by atoms with E-state index in [0.717, 1.165) is 44.1 Å². The van der Waals surface area contributed by atoms with E-state index >= 15 is 0 Å². The van der Waals surface area contributed by atoms with Crippen LogP contribution in [0, 0.1) is 0 Å². The number of carbonyl (C=O) groups is 1. The lowest BCUT2D eigenvalue weighted by Crippen LogP contribution is -2.46. The quantitative estimate of drug-likeness (QED) is 0.697. The molecule has 0 aliphatic carbocycles. The number of hydrogen-bond acceptors (Lipinski definition) is 6. The minimum atomic E-state index is -0.201. The average Bonchev–Trinajstić information content (AvgIpc) is 2.79. The van der Waals surface area contributed by atoms with Crippen molar-refractivity contribution in [3.63, 3.8) is 0 Å². The molecule has 7 heteroatoms. The zero-order valence-electron chi connectivity index (χ0n) is 16.2. The molecule has 3 aromatic rings. The molecule has 0 spiro atoms. The maximum Gasteiger partial charge on any atom is 0.270 e. The summed E-state index contributed by atoms with van der Waals surface area (Å²) in [6.45, 7) is 5.08. The smallest absolute Gasteiger partial charge is 0.270 e. The number of carbonyl (C=O) groups excluding carboxylic acids is 1. The van der Waals surface area contributed by atoms with Crippen LogP contribution >= 0.6 is 0 Å². The first-order chi connectivity index (χ1) is 14.3. The van der Waals surface area contributed by atoms with Crippen molar-refractivity contribution in [2.24, 2.45) is 0 Å². The van der Waals surface area contributed by atoms with E-state index in [1.165, 1.54) is 11.9 Å². The molecule has 4 rings (SSSR count). The van der Waals surface area contributed by atoms with Gasteiger partial charge in [0.25, 0.3) is 5.91 Å². The first kappa shape index (κ1) is 19.0. The Bertz CT molecular complexity index is 926. The minimum Gasteiger partial charge on any atom is -0.354 e. The zero-order chi connectivity index (χ0) is 19.9. The van der Waals surface area contributed by atoms with Gasteiger partial charge in [-0.1, -0.05) is 30.3 Å². The number of piperazine rings is 1. The highest BCUT2D eigenvalue weighted by atomic mass is 16.1. The first-order valence-electron chi connectivity index (χ1n) is 9.78. The lowest BCUT2D eigenvalue weighted by Gasteiger charge is -2.35. The Hall–Kier alpha value is -3.32. The number of benzene rings is 1. The maximum absolute atomic E-state index is 12.5. The van der Waals surface area contributed by atoms with E-state index in [4.69, 9.17) is 0 Å². The summed E-state index contributed by atoms with van der Waals surface area (Å²) >= 11 is 0. The van der Waals surface area contributed by atoms with E-state index in [-0.39, 0.29) is 5.91 Å². The van der Waals surface area contributed by atoms with E-state index in [1.54, 1.807) is 18.5 Å². The summed E-state index contributed by atoms with van der Waals surface area (Å²) in [4.78, 5) is 29.6. The van der Waals surface area contributed by atoms with Gasteiger partial charge in [0.1, 0.15) is 17.8 Å². The lowest BCUT2D eigenvalue weighted by molar-refractivity contribution is 0.0945. The third-order valence-electron chi connectivity index (χ3n) is 5.03. The highest BCUT2D eigenvalue weighted by Crippen LogP contribution is 2.15. The van der Waals surface area contributed by atoms with Gasteiger partial charge in [-0.05, 0) is 23.3 Å². The van der Waals surface area contributed by atoms with E-state index in [1.807, 2.05) is 18.2 Å². The molecule has 0 bridgehead atoms. The van der Waals surface area contributed by atoms with Gasteiger partial charge in [-0.15, -0.1) is 0 Å². The second-order valence-corrected chi connectivity index (χ2v) is 7.05. The van der Waals surface area contributed by atoms with Crippen LogP contribution in [0.5, 0.6) is 0 Å². The van der Waals surface area contributed by atoms with Crippen LogP contribution < -0.4 is 10.2 Å². The number of amides is 1. The molecule has 1 aromatic carbocycles. The van der Waals surface area contributed by atoms with Crippen molar-refractivity contribution in [3.8, 4) is 0 Å². The average molecular weight is 388 g/mol. The van der Waals surface area contributed by atoms with Crippen LogP contribution in [0.25, 0.3) is 0 Å².